The van der Waals surface area contributed by atoms with Gasteiger partial charge in [0.2, 0.25) is 11.8 Å². The maximum Gasteiger partial charge on any atom is 0.239 e. The number of aromatic nitrogens is 1. The third-order valence-electron chi connectivity index (χ3n) is 5.48. The van der Waals surface area contributed by atoms with Crippen molar-refractivity contribution in [2.75, 3.05) is 38.0 Å². The topological polar surface area (TPSA) is 78.7 Å². The zero-order chi connectivity index (χ0) is 19.7. The number of anilines is 1. The van der Waals surface area contributed by atoms with Crippen LogP contribution in [0.4, 0.5) is 10.2 Å². The molecular weight excluding hydrogens is 363 g/mol. The van der Waals surface area contributed by atoms with Gasteiger partial charge in [0.05, 0.1) is 12.0 Å². The molecule has 7 nitrogen and oxygen atoms in total. The second-order valence-corrected chi connectivity index (χ2v) is 7.53. The summed E-state index contributed by atoms with van der Waals surface area (Å²) in [4.78, 5) is 29.1. The second kappa shape index (κ2) is 7.35. The number of nitrogens with one attached hydrogen (secondary N) is 1. The molecule has 1 aliphatic carbocycles. The molecule has 0 unspecified atom stereocenters. The number of rotatable bonds is 5. The van der Waals surface area contributed by atoms with E-state index in [9.17, 15) is 14.0 Å². The number of piperazine rings is 1. The monoisotopic (exact) mass is 386 g/mol. The van der Waals surface area contributed by atoms with Gasteiger partial charge in [-0.25, -0.2) is 4.39 Å². The number of halogens is 1. The molecule has 1 aliphatic heterocycles. The number of amides is 2. The van der Waals surface area contributed by atoms with E-state index in [4.69, 9.17) is 4.52 Å². The van der Waals surface area contributed by atoms with Crippen molar-refractivity contribution in [2.45, 2.75) is 25.2 Å². The van der Waals surface area contributed by atoms with Gasteiger partial charge >= 0.3 is 0 Å². The fourth-order valence-electron chi connectivity index (χ4n) is 3.74. The first-order valence-electron chi connectivity index (χ1n) is 9.47. The highest BCUT2D eigenvalue weighted by Crippen LogP contribution is 2.49. The van der Waals surface area contributed by atoms with Gasteiger partial charge in [0, 0.05) is 32.2 Å². The molecule has 2 fully saturated rings. The Labute approximate surface area is 162 Å². The molecule has 2 aliphatic rings. The number of nitrogens with zero attached hydrogens (tertiary/aromatic N) is 3. The number of carbonyl (C=O) groups is 2. The molecule has 1 aromatic heterocycles. The fraction of sp³-hybridized carbons (Fsp3) is 0.450. The maximum atomic E-state index is 13.2. The van der Waals surface area contributed by atoms with Crippen molar-refractivity contribution in [2.24, 2.45) is 0 Å². The minimum Gasteiger partial charge on any atom is -0.360 e. The van der Waals surface area contributed by atoms with Crippen molar-refractivity contribution < 1.29 is 18.5 Å². The lowest BCUT2D eigenvalue weighted by Crippen LogP contribution is -2.52. The Hall–Kier alpha value is -2.74. The zero-order valence-corrected chi connectivity index (χ0v) is 15.8. The van der Waals surface area contributed by atoms with Gasteiger partial charge in [-0.15, -0.1) is 0 Å². The summed E-state index contributed by atoms with van der Waals surface area (Å²) in [5, 5.41) is 6.46. The van der Waals surface area contributed by atoms with Crippen molar-refractivity contribution >= 4 is 17.6 Å². The van der Waals surface area contributed by atoms with Crippen molar-refractivity contribution in [3.05, 3.63) is 47.5 Å². The van der Waals surface area contributed by atoms with Crippen LogP contribution in [-0.4, -0.2) is 59.5 Å². The number of hydrogen-bond donors (Lipinski definition) is 1. The predicted octanol–water partition coefficient (Wildman–Crippen LogP) is 1.94. The molecule has 0 radical (unpaired) electrons. The van der Waals surface area contributed by atoms with Crippen molar-refractivity contribution in [3.8, 4) is 0 Å². The van der Waals surface area contributed by atoms with Gasteiger partial charge in [0.1, 0.15) is 11.6 Å². The summed E-state index contributed by atoms with van der Waals surface area (Å²) < 4.78 is 18.1. The minimum atomic E-state index is -0.488. The lowest BCUT2D eigenvalue weighted by molar-refractivity contribution is -0.135. The summed E-state index contributed by atoms with van der Waals surface area (Å²) in [6.07, 6.45) is 1.61. The Kier molecular flexibility index (Phi) is 4.89. The van der Waals surface area contributed by atoms with Crippen LogP contribution in [0.3, 0.4) is 0 Å². The molecule has 1 saturated carbocycles. The average molecular weight is 386 g/mol. The van der Waals surface area contributed by atoms with E-state index >= 15 is 0 Å². The SMILES string of the molecule is Cc1cc(NC(=O)CN2CCN(C(=O)C3(c4ccc(F)cc4)CC3)CC2)no1. The summed E-state index contributed by atoms with van der Waals surface area (Å²) >= 11 is 0. The molecule has 8 heteroatoms. The predicted molar refractivity (Wildman–Crippen MR) is 100 cm³/mol. The zero-order valence-electron chi connectivity index (χ0n) is 15.8. The molecule has 2 heterocycles. The van der Waals surface area contributed by atoms with Crippen LogP contribution in [0.1, 0.15) is 24.2 Å². The minimum absolute atomic E-state index is 0.112. The quantitative estimate of drug-likeness (QED) is 0.850. The fourth-order valence-corrected chi connectivity index (χ4v) is 3.74. The van der Waals surface area contributed by atoms with E-state index in [0.29, 0.717) is 37.8 Å². The van der Waals surface area contributed by atoms with Crippen LogP contribution >= 0.6 is 0 Å². The Morgan fingerprint density at radius 3 is 2.43 bits per heavy atom. The van der Waals surface area contributed by atoms with Gasteiger partial charge in [0.25, 0.3) is 0 Å². The lowest BCUT2D eigenvalue weighted by atomic mass is 9.94. The highest BCUT2D eigenvalue weighted by molar-refractivity contribution is 5.92. The molecule has 0 atom stereocenters. The number of benzene rings is 1. The van der Waals surface area contributed by atoms with E-state index in [1.165, 1.54) is 12.1 Å². The summed E-state index contributed by atoms with van der Waals surface area (Å²) in [6, 6.07) is 7.92. The van der Waals surface area contributed by atoms with Crippen LogP contribution in [0.5, 0.6) is 0 Å². The summed E-state index contributed by atoms with van der Waals surface area (Å²) in [5.74, 6) is 0.711. The summed E-state index contributed by atoms with van der Waals surface area (Å²) in [6.45, 7) is 4.44. The largest absolute Gasteiger partial charge is 0.360 e. The molecule has 2 amide bonds. The standard InChI is InChI=1S/C20H23FN4O3/c1-14-12-17(23-28-14)22-18(26)13-24-8-10-25(11-9-24)19(27)20(6-7-20)15-2-4-16(21)5-3-15/h2-5,12H,6-11,13H2,1H3,(H,22,23,26). The second-order valence-electron chi connectivity index (χ2n) is 7.53. The van der Waals surface area contributed by atoms with E-state index in [1.54, 1.807) is 25.1 Å². The number of aryl methyl sites for hydroxylation is 1. The first-order chi connectivity index (χ1) is 13.5. The van der Waals surface area contributed by atoms with Crippen LogP contribution in [0, 0.1) is 12.7 Å². The van der Waals surface area contributed by atoms with E-state index in [-0.39, 0.29) is 24.2 Å². The molecule has 0 bridgehead atoms. The van der Waals surface area contributed by atoms with Gasteiger partial charge in [-0.3, -0.25) is 14.5 Å². The van der Waals surface area contributed by atoms with Crippen LogP contribution in [-0.2, 0) is 15.0 Å². The third kappa shape index (κ3) is 3.77. The van der Waals surface area contributed by atoms with Gasteiger partial charge in [-0.05, 0) is 37.5 Å². The smallest absolute Gasteiger partial charge is 0.239 e. The van der Waals surface area contributed by atoms with E-state index < -0.39 is 5.41 Å². The van der Waals surface area contributed by atoms with Gasteiger partial charge in [0.15, 0.2) is 5.82 Å². The molecule has 0 spiro atoms. The third-order valence-corrected chi connectivity index (χ3v) is 5.48. The van der Waals surface area contributed by atoms with Crippen molar-refractivity contribution in [1.29, 1.82) is 0 Å². The Bertz CT molecular complexity index is 868. The highest BCUT2D eigenvalue weighted by atomic mass is 19.1. The molecule has 2 aromatic rings. The maximum absolute atomic E-state index is 13.2. The van der Waals surface area contributed by atoms with Crippen molar-refractivity contribution in [3.63, 3.8) is 0 Å². The van der Waals surface area contributed by atoms with E-state index in [0.717, 1.165) is 18.4 Å². The Morgan fingerprint density at radius 1 is 1.18 bits per heavy atom. The Balaban J connectivity index is 1.29. The molecular formula is C20H23FN4O3. The molecule has 148 valence electrons. The molecule has 4 rings (SSSR count). The Morgan fingerprint density at radius 2 is 1.86 bits per heavy atom. The average Bonchev–Trinajstić information content (AvgIpc) is 3.39. The number of carbonyl (C=O) groups excluding carboxylic acids is 2. The highest BCUT2D eigenvalue weighted by Gasteiger charge is 2.53. The number of hydrogen-bond acceptors (Lipinski definition) is 5. The lowest BCUT2D eigenvalue weighted by Gasteiger charge is -2.36. The molecule has 1 aromatic carbocycles. The van der Waals surface area contributed by atoms with Crippen molar-refractivity contribution in [1.82, 2.24) is 15.0 Å². The molecule has 1 N–H and O–H groups in total. The summed E-state index contributed by atoms with van der Waals surface area (Å²) in [7, 11) is 0. The molecule has 1 saturated heterocycles. The van der Waals surface area contributed by atoms with Crippen LogP contribution in [0.15, 0.2) is 34.9 Å². The van der Waals surface area contributed by atoms with Gasteiger partial charge in [-0.1, -0.05) is 17.3 Å². The summed E-state index contributed by atoms with van der Waals surface area (Å²) in [5.41, 5.74) is 0.404. The first kappa shape index (κ1) is 18.6. The van der Waals surface area contributed by atoms with Gasteiger partial charge in [-0.2, -0.15) is 0 Å². The van der Waals surface area contributed by atoms with Crippen LogP contribution in [0.2, 0.25) is 0 Å². The van der Waals surface area contributed by atoms with E-state index in [2.05, 4.69) is 10.5 Å². The normalized spacial score (nSPS) is 18.7. The van der Waals surface area contributed by atoms with Crippen LogP contribution < -0.4 is 5.32 Å². The molecule has 28 heavy (non-hydrogen) atoms. The van der Waals surface area contributed by atoms with E-state index in [1.807, 2.05) is 9.80 Å². The van der Waals surface area contributed by atoms with Crippen LogP contribution in [0.25, 0.3) is 0 Å². The van der Waals surface area contributed by atoms with Gasteiger partial charge < -0.3 is 14.7 Å². The first-order valence-corrected chi connectivity index (χ1v) is 9.47.